The molecule has 1 amide bonds. The zero-order valence-electron chi connectivity index (χ0n) is 8.25. The number of carbonyl (C=O) groups is 2. The average Bonchev–Trinajstić information content (AvgIpc) is 2.65. The SMILES string of the molecule is O=C1C=C(Cc2ccc(C(=O)O)cc2)N=N1. The van der Waals surface area contributed by atoms with Crippen LogP contribution in [-0.2, 0) is 11.2 Å². The molecule has 1 aromatic carbocycles. The third-order valence-electron chi connectivity index (χ3n) is 2.15. The first-order valence-electron chi connectivity index (χ1n) is 4.63. The fourth-order valence-corrected chi connectivity index (χ4v) is 1.37. The number of carbonyl (C=O) groups excluding carboxylic acids is 1. The molecule has 5 nitrogen and oxygen atoms in total. The highest BCUT2D eigenvalue weighted by Gasteiger charge is 2.09. The Hall–Kier alpha value is -2.30. The Morgan fingerprint density at radius 2 is 1.88 bits per heavy atom. The van der Waals surface area contributed by atoms with Crippen LogP contribution in [0.1, 0.15) is 15.9 Å². The number of nitrogens with zero attached hydrogens (tertiary/aromatic N) is 2. The molecule has 0 fully saturated rings. The van der Waals surface area contributed by atoms with Gasteiger partial charge in [-0.05, 0) is 17.7 Å². The van der Waals surface area contributed by atoms with Gasteiger partial charge in [-0.2, -0.15) is 5.11 Å². The van der Waals surface area contributed by atoms with E-state index in [0.717, 1.165) is 5.56 Å². The molecule has 80 valence electrons. The van der Waals surface area contributed by atoms with Crippen molar-refractivity contribution in [2.75, 3.05) is 0 Å². The lowest BCUT2D eigenvalue weighted by Crippen LogP contribution is -1.96. The molecule has 2 rings (SSSR count). The minimum absolute atomic E-state index is 0.238. The molecule has 0 atom stereocenters. The van der Waals surface area contributed by atoms with Crippen LogP contribution in [0.15, 0.2) is 46.3 Å². The van der Waals surface area contributed by atoms with Crippen LogP contribution in [0.4, 0.5) is 0 Å². The molecule has 5 heteroatoms. The van der Waals surface area contributed by atoms with Crippen molar-refractivity contribution in [1.29, 1.82) is 0 Å². The number of benzene rings is 1. The Morgan fingerprint density at radius 3 is 2.38 bits per heavy atom. The predicted molar refractivity (Wildman–Crippen MR) is 55.1 cm³/mol. The zero-order valence-corrected chi connectivity index (χ0v) is 8.25. The summed E-state index contributed by atoms with van der Waals surface area (Å²) in [5, 5.41) is 15.8. The predicted octanol–water partition coefficient (Wildman–Crippen LogP) is 1.80. The molecule has 0 saturated heterocycles. The topological polar surface area (TPSA) is 79.1 Å². The van der Waals surface area contributed by atoms with Gasteiger partial charge in [0, 0.05) is 12.5 Å². The van der Waals surface area contributed by atoms with Crippen molar-refractivity contribution in [3.05, 3.63) is 47.2 Å². The van der Waals surface area contributed by atoms with E-state index in [9.17, 15) is 9.59 Å². The minimum Gasteiger partial charge on any atom is -0.478 e. The van der Waals surface area contributed by atoms with Crippen molar-refractivity contribution in [3.8, 4) is 0 Å². The van der Waals surface area contributed by atoms with Gasteiger partial charge < -0.3 is 5.11 Å². The summed E-state index contributed by atoms with van der Waals surface area (Å²) in [6.07, 6.45) is 1.85. The number of rotatable bonds is 3. The monoisotopic (exact) mass is 216 g/mol. The first-order valence-corrected chi connectivity index (χ1v) is 4.63. The van der Waals surface area contributed by atoms with Gasteiger partial charge in [0.25, 0.3) is 5.91 Å². The average molecular weight is 216 g/mol. The van der Waals surface area contributed by atoms with E-state index < -0.39 is 5.97 Å². The van der Waals surface area contributed by atoms with E-state index in [1.807, 2.05) is 0 Å². The van der Waals surface area contributed by atoms with E-state index >= 15 is 0 Å². The highest BCUT2D eigenvalue weighted by atomic mass is 16.4. The Balaban J connectivity index is 2.12. The summed E-state index contributed by atoms with van der Waals surface area (Å²) in [4.78, 5) is 21.4. The lowest BCUT2D eigenvalue weighted by molar-refractivity contribution is -0.113. The molecule has 0 aliphatic carbocycles. The molecule has 0 aromatic heterocycles. The van der Waals surface area contributed by atoms with E-state index in [1.54, 1.807) is 12.1 Å². The molecular formula is C11H8N2O3. The zero-order chi connectivity index (χ0) is 11.5. The van der Waals surface area contributed by atoms with Crippen LogP contribution in [0, 0.1) is 0 Å². The summed E-state index contributed by atoms with van der Waals surface area (Å²) in [5.41, 5.74) is 1.72. The van der Waals surface area contributed by atoms with Crippen molar-refractivity contribution in [1.82, 2.24) is 0 Å². The van der Waals surface area contributed by atoms with Crippen LogP contribution in [0.5, 0.6) is 0 Å². The number of carboxylic acid groups (broad SMARTS) is 1. The van der Waals surface area contributed by atoms with Crippen molar-refractivity contribution >= 4 is 11.9 Å². The van der Waals surface area contributed by atoms with Gasteiger partial charge in [0.2, 0.25) is 0 Å². The fraction of sp³-hybridized carbons (Fsp3) is 0.0909. The quantitative estimate of drug-likeness (QED) is 0.836. The lowest BCUT2D eigenvalue weighted by Gasteiger charge is -1.99. The smallest absolute Gasteiger partial charge is 0.335 e. The van der Waals surface area contributed by atoms with Gasteiger partial charge in [0.15, 0.2) is 0 Å². The van der Waals surface area contributed by atoms with Gasteiger partial charge in [0.05, 0.1) is 11.3 Å². The normalized spacial score (nSPS) is 14.0. The summed E-state index contributed by atoms with van der Waals surface area (Å²) in [5.74, 6) is -1.31. The molecule has 1 aromatic rings. The molecular weight excluding hydrogens is 208 g/mol. The van der Waals surface area contributed by atoms with Crippen LogP contribution in [0.2, 0.25) is 0 Å². The summed E-state index contributed by atoms with van der Waals surface area (Å²) >= 11 is 0. The van der Waals surface area contributed by atoms with Gasteiger partial charge >= 0.3 is 5.97 Å². The van der Waals surface area contributed by atoms with Crippen molar-refractivity contribution < 1.29 is 14.7 Å². The number of amides is 1. The lowest BCUT2D eigenvalue weighted by atomic mass is 10.1. The van der Waals surface area contributed by atoms with Crippen molar-refractivity contribution in [3.63, 3.8) is 0 Å². The van der Waals surface area contributed by atoms with E-state index in [2.05, 4.69) is 10.2 Å². The summed E-state index contributed by atoms with van der Waals surface area (Å²) in [7, 11) is 0. The minimum atomic E-state index is -0.957. The van der Waals surface area contributed by atoms with Crippen LogP contribution >= 0.6 is 0 Å². The Morgan fingerprint density at radius 1 is 1.19 bits per heavy atom. The highest BCUT2D eigenvalue weighted by molar-refractivity contribution is 5.90. The van der Waals surface area contributed by atoms with Gasteiger partial charge in [-0.1, -0.05) is 12.1 Å². The first-order chi connectivity index (χ1) is 7.65. The molecule has 1 aliphatic heterocycles. The molecule has 1 aliphatic rings. The number of azo groups is 1. The second-order valence-electron chi connectivity index (χ2n) is 3.35. The van der Waals surface area contributed by atoms with Crippen LogP contribution in [0.3, 0.4) is 0 Å². The number of allylic oxidation sites excluding steroid dienone is 1. The Labute approximate surface area is 91.1 Å². The number of hydrogen-bond donors (Lipinski definition) is 1. The van der Waals surface area contributed by atoms with Gasteiger partial charge in [-0.15, -0.1) is 5.11 Å². The summed E-state index contributed by atoms with van der Waals surface area (Å²) < 4.78 is 0. The second-order valence-corrected chi connectivity index (χ2v) is 3.35. The molecule has 0 spiro atoms. The largest absolute Gasteiger partial charge is 0.478 e. The van der Waals surface area contributed by atoms with E-state index in [0.29, 0.717) is 12.1 Å². The molecule has 16 heavy (non-hydrogen) atoms. The van der Waals surface area contributed by atoms with Crippen LogP contribution in [-0.4, -0.2) is 17.0 Å². The first kappa shape index (κ1) is 10.2. The van der Waals surface area contributed by atoms with Crippen molar-refractivity contribution in [2.45, 2.75) is 6.42 Å². The molecule has 0 unspecified atom stereocenters. The third kappa shape index (κ3) is 2.20. The third-order valence-corrected chi connectivity index (χ3v) is 2.15. The van der Waals surface area contributed by atoms with Crippen LogP contribution < -0.4 is 0 Å². The van der Waals surface area contributed by atoms with Gasteiger partial charge in [-0.25, -0.2) is 4.79 Å². The summed E-state index contributed by atoms with van der Waals surface area (Å²) in [6, 6.07) is 6.43. The number of hydrogen-bond acceptors (Lipinski definition) is 3. The van der Waals surface area contributed by atoms with Crippen LogP contribution in [0.25, 0.3) is 0 Å². The Kier molecular flexibility index (Phi) is 2.59. The molecule has 0 radical (unpaired) electrons. The maximum atomic E-state index is 10.8. The maximum Gasteiger partial charge on any atom is 0.335 e. The standard InChI is InChI=1S/C11H8N2O3/c14-10-6-9(12-13-10)5-7-1-3-8(4-2-7)11(15)16/h1-4,6H,5H2,(H,15,16). The van der Waals surface area contributed by atoms with E-state index in [-0.39, 0.29) is 11.5 Å². The number of aromatic carboxylic acids is 1. The fourth-order valence-electron chi connectivity index (χ4n) is 1.37. The molecule has 0 bridgehead atoms. The van der Waals surface area contributed by atoms with E-state index in [4.69, 9.17) is 5.11 Å². The maximum absolute atomic E-state index is 10.8. The highest BCUT2D eigenvalue weighted by Crippen LogP contribution is 2.14. The molecule has 0 saturated carbocycles. The second kappa shape index (κ2) is 4.06. The molecule has 1 N–H and O–H groups in total. The van der Waals surface area contributed by atoms with Gasteiger partial charge in [-0.3, -0.25) is 4.79 Å². The van der Waals surface area contributed by atoms with Gasteiger partial charge in [0.1, 0.15) is 0 Å². The van der Waals surface area contributed by atoms with Crippen molar-refractivity contribution in [2.24, 2.45) is 10.2 Å². The summed E-state index contributed by atoms with van der Waals surface area (Å²) in [6.45, 7) is 0. The molecule has 1 heterocycles. The number of carboxylic acids is 1. The van der Waals surface area contributed by atoms with E-state index in [1.165, 1.54) is 18.2 Å². The Bertz CT molecular complexity index is 500.